The highest BCUT2D eigenvalue weighted by Gasteiger charge is 2.49. The minimum absolute atomic E-state index is 0.0370. The van der Waals surface area contributed by atoms with E-state index in [1.54, 1.807) is 7.11 Å². The van der Waals surface area contributed by atoms with Crippen molar-refractivity contribution in [3.8, 4) is 5.75 Å². The van der Waals surface area contributed by atoms with Gasteiger partial charge in [0.25, 0.3) is 0 Å². The normalized spacial score (nSPS) is 21.7. The summed E-state index contributed by atoms with van der Waals surface area (Å²) < 4.78 is 5.47. The van der Waals surface area contributed by atoms with Gasteiger partial charge in [-0.15, -0.1) is 0 Å². The zero-order valence-corrected chi connectivity index (χ0v) is 18.0. The highest BCUT2D eigenvalue weighted by molar-refractivity contribution is 5.80. The van der Waals surface area contributed by atoms with Gasteiger partial charge in [0.2, 0.25) is 5.91 Å². The molecular weight excluding hydrogens is 374 g/mol. The number of nitrogens with one attached hydrogen (secondary N) is 1. The fourth-order valence-corrected chi connectivity index (χ4v) is 5.67. The predicted molar refractivity (Wildman–Crippen MR) is 120 cm³/mol. The summed E-state index contributed by atoms with van der Waals surface area (Å²) in [7, 11) is 1.72. The van der Waals surface area contributed by atoms with Crippen molar-refractivity contribution in [1.82, 2.24) is 4.90 Å². The number of ether oxygens (including phenoxy) is 1. The number of methoxy groups -OCH3 is 1. The second-order valence-electron chi connectivity index (χ2n) is 9.00. The van der Waals surface area contributed by atoms with Gasteiger partial charge in [-0.1, -0.05) is 24.3 Å². The quantitative estimate of drug-likeness (QED) is 0.838. The van der Waals surface area contributed by atoms with Crippen LogP contribution >= 0.6 is 0 Å². The Morgan fingerprint density at radius 1 is 1.17 bits per heavy atom. The molecule has 1 atom stereocenters. The van der Waals surface area contributed by atoms with Gasteiger partial charge >= 0.3 is 0 Å². The van der Waals surface area contributed by atoms with Crippen LogP contribution < -0.4 is 15.0 Å². The highest BCUT2D eigenvalue weighted by Crippen LogP contribution is 2.47. The molecule has 1 spiro atoms. The summed E-state index contributed by atoms with van der Waals surface area (Å²) in [5.41, 5.74) is 4.84. The van der Waals surface area contributed by atoms with Crippen LogP contribution in [0.25, 0.3) is 0 Å². The second kappa shape index (κ2) is 7.53. The van der Waals surface area contributed by atoms with Crippen LogP contribution in [0.15, 0.2) is 42.5 Å². The Labute approximate surface area is 179 Å². The average molecular weight is 406 g/mol. The zero-order valence-electron chi connectivity index (χ0n) is 18.0. The number of likely N-dealkylation sites (tertiary alicyclic amines) is 1. The lowest BCUT2D eigenvalue weighted by Gasteiger charge is -2.53. The number of amides is 1. The Balaban J connectivity index is 1.33. The van der Waals surface area contributed by atoms with Gasteiger partial charge in [0.15, 0.2) is 0 Å². The van der Waals surface area contributed by atoms with E-state index in [2.05, 4.69) is 52.4 Å². The number of rotatable bonds is 3. The fourth-order valence-electron chi connectivity index (χ4n) is 5.67. The van der Waals surface area contributed by atoms with Crippen molar-refractivity contribution < 1.29 is 9.53 Å². The van der Waals surface area contributed by atoms with Crippen LogP contribution in [0, 0.1) is 6.92 Å². The van der Waals surface area contributed by atoms with Gasteiger partial charge in [-0.25, -0.2) is 0 Å². The third-order valence-corrected chi connectivity index (χ3v) is 7.40. The molecule has 0 bridgehead atoms. The number of carbonyl (C=O) groups is 1. The van der Waals surface area contributed by atoms with Gasteiger partial charge in [0, 0.05) is 25.7 Å². The maximum atomic E-state index is 13.0. The molecule has 0 saturated carbocycles. The van der Waals surface area contributed by atoms with Crippen LogP contribution in [0.2, 0.25) is 0 Å². The van der Waals surface area contributed by atoms with E-state index in [-0.39, 0.29) is 11.4 Å². The summed E-state index contributed by atoms with van der Waals surface area (Å²) in [6, 6.07) is 15.1. The molecule has 0 aromatic heterocycles. The van der Waals surface area contributed by atoms with Crippen LogP contribution in [0.5, 0.6) is 5.75 Å². The first-order chi connectivity index (χ1) is 14.6. The molecule has 3 heterocycles. The minimum atomic E-state index is 0.0370. The Morgan fingerprint density at radius 3 is 2.73 bits per heavy atom. The van der Waals surface area contributed by atoms with Crippen LogP contribution in [0.4, 0.5) is 11.4 Å². The summed E-state index contributed by atoms with van der Waals surface area (Å²) in [5, 5.41) is 3.92. The molecule has 5 heteroatoms. The van der Waals surface area contributed by atoms with Crippen molar-refractivity contribution in [2.24, 2.45) is 0 Å². The lowest BCUT2D eigenvalue weighted by molar-refractivity contribution is -0.132. The maximum absolute atomic E-state index is 13.0. The van der Waals surface area contributed by atoms with E-state index in [0.29, 0.717) is 12.5 Å². The standard InChI is InChI=1S/C25H31N3O2/c1-18-6-3-4-7-19(18)16-24(29)27-14-11-25(12-15-27)23-8-5-13-28(23)22-10-9-20(30-2)17-21(22)26-25/h3-4,6-7,9-10,17,23,26H,5,8,11-16H2,1-2H3. The SMILES string of the molecule is COc1ccc2c(c1)NC1(CCN(C(=O)Cc3ccccc3C)CC1)C1CCCN21. The molecule has 1 N–H and O–H groups in total. The highest BCUT2D eigenvalue weighted by atomic mass is 16.5. The number of carbonyl (C=O) groups excluding carboxylic acids is 1. The Kier molecular flexibility index (Phi) is 4.84. The number of fused-ring (bicyclic) bond motifs is 4. The van der Waals surface area contributed by atoms with Gasteiger partial charge in [0.05, 0.1) is 36.5 Å². The number of hydrogen-bond acceptors (Lipinski definition) is 4. The van der Waals surface area contributed by atoms with Crippen LogP contribution in [0.3, 0.4) is 0 Å². The number of hydrogen-bond donors (Lipinski definition) is 1. The van der Waals surface area contributed by atoms with Crippen molar-refractivity contribution in [3.05, 3.63) is 53.6 Å². The molecule has 0 radical (unpaired) electrons. The smallest absolute Gasteiger partial charge is 0.227 e. The van der Waals surface area contributed by atoms with Crippen molar-refractivity contribution in [1.29, 1.82) is 0 Å². The first-order valence-electron chi connectivity index (χ1n) is 11.1. The summed E-state index contributed by atoms with van der Waals surface area (Å²) >= 11 is 0. The predicted octanol–water partition coefficient (Wildman–Crippen LogP) is 4.00. The summed E-state index contributed by atoms with van der Waals surface area (Å²) in [6.07, 6.45) is 4.93. The monoisotopic (exact) mass is 405 g/mol. The Bertz CT molecular complexity index is 949. The van der Waals surface area contributed by atoms with Crippen LogP contribution in [-0.4, -0.2) is 49.1 Å². The number of anilines is 2. The van der Waals surface area contributed by atoms with E-state index in [0.717, 1.165) is 43.8 Å². The van der Waals surface area contributed by atoms with Crippen molar-refractivity contribution >= 4 is 17.3 Å². The van der Waals surface area contributed by atoms with E-state index in [1.165, 1.54) is 29.8 Å². The molecule has 5 nitrogen and oxygen atoms in total. The molecule has 2 aromatic rings. The van der Waals surface area contributed by atoms with Gasteiger partial charge in [-0.3, -0.25) is 4.79 Å². The molecule has 1 unspecified atom stereocenters. The second-order valence-corrected chi connectivity index (χ2v) is 9.00. The van der Waals surface area contributed by atoms with E-state index in [9.17, 15) is 4.79 Å². The average Bonchev–Trinajstić information content (AvgIpc) is 3.27. The Morgan fingerprint density at radius 2 is 1.97 bits per heavy atom. The molecule has 3 aliphatic rings. The van der Waals surface area contributed by atoms with E-state index >= 15 is 0 Å². The molecule has 158 valence electrons. The number of piperidine rings is 1. The topological polar surface area (TPSA) is 44.8 Å². The molecule has 2 fully saturated rings. The zero-order chi connectivity index (χ0) is 20.7. The molecule has 3 aliphatic heterocycles. The number of aryl methyl sites for hydroxylation is 1. The summed E-state index contributed by atoms with van der Waals surface area (Å²) in [5.74, 6) is 1.14. The molecule has 30 heavy (non-hydrogen) atoms. The van der Waals surface area contributed by atoms with Crippen LogP contribution in [-0.2, 0) is 11.2 Å². The lowest BCUT2D eigenvalue weighted by Crippen LogP contribution is -2.63. The first kappa shape index (κ1) is 19.3. The summed E-state index contributed by atoms with van der Waals surface area (Å²) in [4.78, 5) is 17.6. The third-order valence-electron chi connectivity index (χ3n) is 7.40. The van der Waals surface area contributed by atoms with Gasteiger partial charge in [-0.2, -0.15) is 0 Å². The molecule has 2 aromatic carbocycles. The Hall–Kier alpha value is -2.69. The van der Waals surface area contributed by atoms with Crippen molar-refractivity contribution in [2.45, 2.75) is 50.6 Å². The number of benzene rings is 2. The van der Waals surface area contributed by atoms with Crippen LogP contribution in [0.1, 0.15) is 36.8 Å². The van der Waals surface area contributed by atoms with Crippen molar-refractivity contribution in [3.63, 3.8) is 0 Å². The van der Waals surface area contributed by atoms with Crippen molar-refractivity contribution in [2.75, 3.05) is 37.0 Å². The van der Waals surface area contributed by atoms with E-state index < -0.39 is 0 Å². The molecule has 2 saturated heterocycles. The summed E-state index contributed by atoms with van der Waals surface area (Å²) in [6.45, 7) is 4.84. The minimum Gasteiger partial charge on any atom is -0.497 e. The third kappa shape index (κ3) is 3.21. The van der Waals surface area contributed by atoms with E-state index in [4.69, 9.17) is 4.74 Å². The maximum Gasteiger partial charge on any atom is 0.227 e. The first-order valence-corrected chi connectivity index (χ1v) is 11.1. The molecular formula is C25H31N3O2. The molecule has 1 amide bonds. The lowest BCUT2D eigenvalue weighted by atomic mass is 9.77. The van der Waals surface area contributed by atoms with E-state index in [1.807, 2.05) is 12.1 Å². The largest absolute Gasteiger partial charge is 0.497 e. The van der Waals surface area contributed by atoms with Gasteiger partial charge in [-0.05, 0) is 55.9 Å². The fraction of sp³-hybridized carbons (Fsp3) is 0.480. The van der Waals surface area contributed by atoms with Gasteiger partial charge in [0.1, 0.15) is 5.75 Å². The molecule has 0 aliphatic carbocycles. The molecule has 5 rings (SSSR count). The number of nitrogens with zero attached hydrogens (tertiary/aromatic N) is 2. The van der Waals surface area contributed by atoms with Gasteiger partial charge < -0.3 is 19.9 Å².